The van der Waals surface area contributed by atoms with Crippen molar-refractivity contribution in [2.75, 3.05) is 11.9 Å². The number of nitrogens with zero attached hydrogens (tertiary/aromatic N) is 1. The molecule has 2 aromatic carbocycles. The van der Waals surface area contributed by atoms with Crippen molar-refractivity contribution in [2.24, 2.45) is 5.73 Å². The number of phenolic OH excluding ortho intramolecular Hbond substituents is 1. The minimum atomic E-state index is 0.274. The van der Waals surface area contributed by atoms with Crippen LogP contribution in [0.5, 0.6) is 5.75 Å². The molecule has 3 N–H and O–H groups in total. The fraction of sp³-hybridized carbons (Fsp3) is 0.200. The van der Waals surface area contributed by atoms with E-state index in [1.807, 2.05) is 19.2 Å². The standard InChI is InChI=1S/C15H18N2O/c1-11-3-4-12(10-16)15(9-11)17(2)13-5-7-14(18)8-6-13/h3-9,18H,10,16H2,1-2H3. The first kappa shape index (κ1) is 12.5. The van der Waals surface area contributed by atoms with Gasteiger partial charge in [-0.25, -0.2) is 0 Å². The van der Waals surface area contributed by atoms with Crippen molar-refractivity contribution in [1.82, 2.24) is 0 Å². The van der Waals surface area contributed by atoms with E-state index in [0.717, 1.165) is 16.9 Å². The molecule has 0 radical (unpaired) electrons. The third-order valence-electron chi connectivity index (χ3n) is 3.06. The average Bonchev–Trinajstić information content (AvgIpc) is 2.39. The molecule has 0 fully saturated rings. The van der Waals surface area contributed by atoms with Crippen LogP contribution in [-0.4, -0.2) is 12.2 Å². The van der Waals surface area contributed by atoms with E-state index in [4.69, 9.17) is 5.73 Å². The second kappa shape index (κ2) is 5.10. The summed E-state index contributed by atoms with van der Waals surface area (Å²) in [4.78, 5) is 2.08. The van der Waals surface area contributed by atoms with Gasteiger partial charge in [0.25, 0.3) is 0 Å². The molecule has 2 rings (SSSR count). The highest BCUT2D eigenvalue weighted by Crippen LogP contribution is 2.28. The SMILES string of the molecule is Cc1ccc(CN)c(N(C)c2ccc(O)cc2)c1. The fourth-order valence-corrected chi connectivity index (χ4v) is 1.97. The molecule has 18 heavy (non-hydrogen) atoms. The topological polar surface area (TPSA) is 49.5 Å². The zero-order valence-corrected chi connectivity index (χ0v) is 10.7. The van der Waals surface area contributed by atoms with Crippen molar-refractivity contribution in [3.63, 3.8) is 0 Å². The Bertz CT molecular complexity index is 535. The Morgan fingerprint density at radius 1 is 1.11 bits per heavy atom. The summed E-state index contributed by atoms with van der Waals surface area (Å²) in [6.45, 7) is 2.58. The maximum Gasteiger partial charge on any atom is 0.115 e. The molecule has 0 spiro atoms. The summed E-state index contributed by atoms with van der Waals surface area (Å²) in [5.74, 6) is 0.274. The van der Waals surface area contributed by atoms with Crippen molar-refractivity contribution in [3.05, 3.63) is 53.6 Å². The number of hydrogen-bond donors (Lipinski definition) is 2. The van der Waals surface area contributed by atoms with Gasteiger partial charge in [-0.15, -0.1) is 0 Å². The molecule has 0 aliphatic rings. The molecule has 94 valence electrons. The average molecular weight is 242 g/mol. The van der Waals surface area contributed by atoms with Gasteiger partial charge in [0.15, 0.2) is 0 Å². The van der Waals surface area contributed by atoms with Crippen molar-refractivity contribution in [1.29, 1.82) is 0 Å². The van der Waals surface area contributed by atoms with Gasteiger partial charge in [0.2, 0.25) is 0 Å². The molecule has 0 aliphatic heterocycles. The second-order valence-electron chi connectivity index (χ2n) is 4.41. The highest BCUT2D eigenvalue weighted by atomic mass is 16.3. The van der Waals surface area contributed by atoms with Gasteiger partial charge in [0, 0.05) is 25.0 Å². The maximum absolute atomic E-state index is 9.32. The second-order valence-corrected chi connectivity index (χ2v) is 4.41. The van der Waals surface area contributed by atoms with Crippen LogP contribution in [0.3, 0.4) is 0 Å². The molecule has 0 atom stereocenters. The zero-order chi connectivity index (χ0) is 13.1. The number of anilines is 2. The van der Waals surface area contributed by atoms with Crippen molar-refractivity contribution >= 4 is 11.4 Å². The van der Waals surface area contributed by atoms with Gasteiger partial charge >= 0.3 is 0 Å². The first-order valence-electron chi connectivity index (χ1n) is 5.94. The summed E-state index contributed by atoms with van der Waals surface area (Å²) in [5, 5.41) is 9.32. The molecule has 0 bridgehead atoms. The van der Waals surface area contributed by atoms with Gasteiger partial charge in [-0.3, -0.25) is 0 Å². The molecule has 0 amide bonds. The van der Waals surface area contributed by atoms with E-state index in [1.54, 1.807) is 12.1 Å². The Balaban J connectivity index is 2.41. The summed E-state index contributed by atoms with van der Waals surface area (Å²) >= 11 is 0. The molecular formula is C15H18N2O. The van der Waals surface area contributed by atoms with Gasteiger partial charge in [-0.2, -0.15) is 0 Å². The van der Waals surface area contributed by atoms with Crippen LogP contribution in [0.15, 0.2) is 42.5 Å². The Hall–Kier alpha value is -2.00. The maximum atomic E-state index is 9.32. The first-order chi connectivity index (χ1) is 8.61. The molecule has 3 nitrogen and oxygen atoms in total. The van der Waals surface area contributed by atoms with E-state index in [-0.39, 0.29) is 5.75 Å². The molecule has 0 saturated carbocycles. The molecule has 0 aromatic heterocycles. The van der Waals surface area contributed by atoms with Crippen LogP contribution in [0.25, 0.3) is 0 Å². The van der Waals surface area contributed by atoms with E-state index < -0.39 is 0 Å². The van der Waals surface area contributed by atoms with Crippen LogP contribution < -0.4 is 10.6 Å². The summed E-state index contributed by atoms with van der Waals surface area (Å²) in [6, 6.07) is 13.4. The summed E-state index contributed by atoms with van der Waals surface area (Å²) in [6.07, 6.45) is 0. The molecule has 0 unspecified atom stereocenters. The monoisotopic (exact) mass is 242 g/mol. The summed E-state index contributed by atoms with van der Waals surface area (Å²) in [7, 11) is 2.00. The summed E-state index contributed by atoms with van der Waals surface area (Å²) in [5.41, 5.74) is 10.2. The van der Waals surface area contributed by atoms with Crippen LogP contribution in [0.4, 0.5) is 11.4 Å². The van der Waals surface area contributed by atoms with Gasteiger partial charge < -0.3 is 15.7 Å². The van der Waals surface area contributed by atoms with Crippen molar-refractivity contribution in [3.8, 4) is 5.75 Å². The van der Waals surface area contributed by atoms with Crippen molar-refractivity contribution < 1.29 is 5.11 Å². The van der Waals surface area contributed by atoms with Gasteiger partial charge in [-0.05, 0) is 48.4 Å². The normalized spacial score (nSPS) is 10.4. The minimum absolute atomic E-state index is 0.274. The molecular weight excluding hydrogens is 224 g/mol. The Labute approximate surface area is 107 Å². The predicted molar refractivity (Wildman–Crippen MR) is 75.2 cm³/mol. The number of aryl methyl sites for hydroxylation is 1. The quantitative estimate of drug-likeness (QED) is 0.870. The van der Waals surface area contributed by atoms with E-state index in [9.17, 15) is 5.11 Å². The van der Waals surface area contributed by atoms with E-state index in [0.29, 0.717) is 6.54 Å². The first-order valence-corrected chi connectivity index (χ1v) is 5.94. The number of rotatable bonds is 3. The van der Waals surface area contributed by atoms with Gasteiger partial charge in [0.05, 0.1) is 0 Å². The van der Waals surface area contributed by atoms with Crippen LogP contribution in [0.2, 0.25) is 0 Å². The summed E-state index contributed by atoms with van der Waals surface area (Å²) < 4.78 is 0. The van der Waals surface area contributed by atoms with E-state index in [1.165, 1.54) is 5.56 Å². The van der Waals surface area contributed by atoms with Gasteiger partial charge in [0.1, 0.15) is 5.75 Å². The molecule has 2 aromatic rings. The fourth-order valence-electron chi connectivity index (χ4n) is 1.97. The minimum Gasteiger partial charge on any atom is -0.508 e. The van der Waals surface area contributed by atoms with Crippen LogP contribution >= 0.6 is 0 Å². The van der Waals surface area contributed by atoms with Crippen LogP contribution in [0, 0.1) is 6.92 Å². The van der Waals surface area contributed by atoms with E-state index >= 15 is 0 Å². The number of phenols is 1. The number of nitrogens with two attached hydrogens (primary N) is 1. The molecule has 0 aliphatic carbocycles. The largest absolute Gasteiger partial charge is 0.508 e. The van der Waals surface area contributed by atoms with Crippen molar-refractivity contribution in [2.45, 2.75) is 13.5 Å². The zero-order valence-electron chi connectivity index (χ0n) is 10.7. The lowest BCUT2D eigenvalue weighted by atomic mass is 10.1. The predicted octanol–water partition coefficient (Wildman–Crippen LogP) is 2.93. The molecule has 3 heteroatoms. The number of hydrogen-bond acceptors (Lipinski definition) is 3. The lowest BCUT2D eigenvalue weighted by Crippen LogP contribution is -2.13. The van der Waals surface area contributed by atoms with Crippen LogP contribution in [0.1, 0.15) is 11.1 Å². The highest BCUT2D eigenvalue weighted by molar-refractivity contribution is 5.67. The molecule has 0 saturated heterocycles. The third kappa shape index (κ3) is 2.46. The Morgan fingerprint density at radius 2 is 1.78 bits per heavy atom. The van der Waals surface area contributed by atoms with Crippen LogP contribution in [-0.2, 0) is 6.54 Å². The Kier molecular flexibility index (Phi) is 3.53. The molecule has 0 heterocycles. The number of aromatic hydroxyl groups is 1. The highest BCUT2D eigenvalue weighted by Gasteiger charge is 2.08. The lowest BCUT2D eigenvalue weighted by Gasteiger charge is -2.23. The van der Waals surface area contributed by atoms with E-state index in [2.05, 4.69) is 30.0 Å². The third-order valence-corrected chi connectivity index (χ3v) is 3.06. The smallest absolute Gasteiger partial charge is 0.115 e. The Morgan fingerprint density at radius 3 is 2.39 bits per heavy atom. The lowest BCUT2D eigenvalue weighted by molar-refractivity contribution is 0.475. The number of benzene rings is 2. The van der Waals surface area contributed by atoms with Gasteiger partial charge in [-0.1, -0.05) is 12.1 Å².